The molecule has 0 heterocycles. The quantitative estimate of drug-likeness (QED) is 0.540. The van der Waals surface area contributed by atoms with Crippen molar-refractivity contribution in [2.45, 2.75) is 0 Å². The van der Waals surface area contributed by atoms with E-state index in [4.69, 9.17) is 10.5 Å². The van der Waals surface area contributed by atoms with Gasteiger partial charge in [0.1, 0.15) is 0 Å². The van der Waals surface area contributed by atoms with Crippen LogP contribution in [-0.2, 0) is 0 Å². The van der Waals surface area contributed by atoms with Crippen LogP contribution >= 0.6 is 0 Å². The number of diazo groups is 1. The van der Waals surface area contributed by atoms with Gasteiger partial charge in [-0.2, -0.15) is 0 Å². The van der Waals surface area contributed by atoms with E-state index >= 15 is 0 Å². The number of nitrogens with zero attached hydrogens (tertiary/aromatic N) is 2. The Morgan fingerprint density at radius 2 is 2.00 bits per heavy atom. The minimum atomic E-state index is -1.10. The second kappa shape index (κ2) is 4.03. The Kier molecular flexibility index (Phi) is 3.37. The first-order chi connectivity index (χ1) is 5.25. The highest BCUT2D eigenvalue weighted by molar-refractivity contribution is 5.94. The predicted octanol–water partition coefficient (Wildman–Crippen LogP) is -1.13. The van der Waals surface area contributed by atoms with Crippen LogP contribution in [0.15, 0.2) is 24.3 Å². The first-order valence-corrected chi connectivity index (χ1v) is 2.93. The summed E-state index contributed by atoms with van der Waals surface area (Å²) in [6.07, 6.45) is 0. The Labute approximate surface area is 67.4 Å². The van der Waals surface area contributed by atoms with Crippen molar-refractivity contribution in [3.63, 3.8) is 0 Å². The topological polar surface area (TPSA) is 65.5 Å². The fourth-order valence-corrected chi connectivity index (χ4v) is 0.742. The average Bonchev–Trinajstić information content (AvgIpc) is 2.04. The third kappa shape index (κ3) is 1.76. The van der Waals surface area contributed by atoms with Crippen LogP contribution in [0.25, 0.3) is 4.98 Å². The lowest BCUT2D eigenvalue weighted by Gasteiger charge is -1.85. The van der Waals surface area contributed by atoms with Gasteiger partial charge in [0.05, 0.1) is 0 Å². The average molecular weight is 168 g/mol. The molecule has 0 saturated carbocycles. The Balaban J connectivity index is 0.00000121. The number of rotatable bonds is 1. The van der Waals surface area contributed by atoms with Crippen LogP contribution in [-0.4, -0.2) is 11.1 Å². The third-order valence-electron chi connectivity index (χ3n) is 1.24. The van der Waals surface area contributed by atoms with E-state index in [1.807, 2.05) is 0 Å². The first kappa shape index (κ1) is 10.0. The highest BCUT2D eigenvalue weighted by Crippen LogP contribution is 2.17. The van der Waals surface area contributed by atoms with Gasteiger partial charge in [-0.1, -0.05) is 12.1 Å². The molecule has 0 bridgehead atoms. The fraction of sp³-hybridized carbons (Fsp3) is 0. The predicted molar refractivity (Wildman–Crippen MR) is 38.1 cm³/mol. The number of aromatic carboxylic acids is 1. The van der Waals surface area contributed by atoms with Gasteiger partial charge in [-0.3, -0.25) is 0 Å². The summed E-state index contributed by atoms with van der Waals surface area (Å²) in [6, 6.07) is 5.96. The smallest absolute Gasteiger partial charge is 0.399 e. The lowest BCUT2D eigenvalue weighted by Crippen LogP contribution is -3.00. The van der Waals surface area contributed by atoms with E-state index in [9.17, 15) is 4.79 Å². The lowest BCUT2D eigenvalue weighted by atomic mass is 10.2. The molecule has 0 aliphatic carbocycles. The molecule has 0 fully saturated rings. The minimum Gasteiger partial charge on any atom is -1.00 e. The summed E-state index contributed by atoms with van der Waals surface area (Å²) in [5.41, 5.74) is 0.0648. The number of benzene rings is 1. The van der Waals surface area contributed by atoms with E-state index in [0.29, 0.717) is 0 Å². The van der Waals surface area contributed by atoms with Crippen molar-refractivity contribution < 1.29 is 14.6 Å². The number of halogens is 1. The molecule has 5 heteroatoms. The summed E-state index contributed by atoms with van der Waals surface area (Å²) in [5.74, 6) is -1.10. The second-order valence-corrected chi connectivity index (χ2v) is 1.92. The molecule has 0 radical (unpaired) electrons. The molecule has 0 spiro atoms. The maximum Gasteiger partial charge on any atom is 0.399 e. The highest BCUT2D eigenvalue weighted by Gasteiger charge is 2.17. The lowest BCUT2D eigenvalue weighted by molar-refractivity contribution is -0.0000181. The molecule has 0 aromatic heterocycles. The summed E-state index contributed by atoms with van der Waals surface area (Å²) in [5, 5.41) is 16.9. The monoisotopic (exact) mass is 168 g/mol. The van der Waals surface area contributed by atoms with Gasteiger partial charge in [-0.05, 0) is 6.07 Å². The number of carbonyl (C=O) groups is 1. The zero-order chi connectivity index (χ0) is 8.27. The maximum absolute atomic E-state index is 10.4. The van der Waals surface area contributed by atoms with Crippen molar-refractivity contribution in [2.24, 2.45) is 0 Å². The molecule has 0 saturated heterocycles. The molecule has 1 N–H and O–H groups in total. The summed E-state index contributed by atoms with van der Waals surface area (Å²) < 4.78 is 0. The van der Waals surface area contributed by atoms with Crippen LogP contribution in [0.2, 0.25) is 0 Å². The number of hydrogen-bond acceptors (Lipinski definition) is 2. The molecule has 0 unspecified atom stereocenters. The van der Waals surface area contributed by atoms with Crippen molar-refractivity contribution in [3.8, 4) is 0 Å². The molecule has 1 aromatic rings. The second-order valence-electron chi connectivity index (χ2n) is 1.92. The van der Waals surface area contributed by atoms with Crippen LogP contribution < -0.4 is 4.70 Å². The van der Waals surface area contributed by atoms with E-state index in [1.165, 1.54) is 12.1 Å². The van der Waals surface area contributed by atoms with Gasteiger partial charge in [0.25, 0.3) is 0 Å². The standard InChI is InChI=1S/C7H4N2O2.FH/c8-9-6-4-2-1-3-5(6)7(10)11;/h1-4H;1H. The maximum atomic E-state index is 10.4. The molecule has 0 amide bonds. The minimum absolute atomic E-state index is 0. The summed E-state index contributed by atoms with van der Waals surface area (Å²) in [4.78, 5) is 13.2. The van der Waals surface area contributed by atoms with Crippen molar-refractivity contribution in [3.05, 3.63) is 34.8 Å². The van der Waals surface area contributed by atoms with E-state index in [-0.39, 0.29) is 16.0 Å². The van der Waals surface area contributed by atoms with Crippen molar-refractivity contribution >= 4 is 11.7 Å². The summed E-state index contributed by atoms with van der Waals surface area (Å²) in [6.45, 7) is 0. The van der Waals surface area contributed by atoms with Crippen LogP contribution in [0.5, 0.6) is 0 Å². The molecule has 0 aliphatic heterocycles. The SMILES string of the molecule is N#[N+]c1ccccc1C(=O)O.[F-]. The Bertz CT molecular complexity index is 332. The van der Waals surface area contributed by atoms with Gasteiger partial charge < -0.3 is 9.81 Å². The van der Waals surface area contributed by atoms with Crippen molar-refractivity contribution in [1.29, 1.82) is 5.39 Å². The fourth-order valence-electron chi connectivity index (χ4n) is 0.742. The molecule has 1 rings (SSSR count). The molecule has 0 atom stereocenters. The molecule has 62 valence electrons. The molecular weight excluding hydrogens is 163 g/mol. The Morgan fingerprint density at radius 3 is 2.42 bits per heavy atom. The summed E-state index contributed by atoms with van der Waals surface area (Å²) >= 11 is 0. The van der Waals surface area contributed by atoms with Gasteiger partial charge in [0.2, 0.25) is 5.39 Å². The molecule has 4 nitrogen and oxygen atoms in total. The van der Waals surface area contributed by atoms with E-state index in [0.717, 1.165) is 0 Å². The Hall–Kier alpha value is -1.96. The number of carboxylic acids is 1. The van der Waals surface area contributed by atoms with Gasteiger partial charge in [-0.15, -0.1) is 0 Å². The molecule has 0 aliphatic rings. The van der Waals surface area contributed by atoms with Gasteiger partial charge in [0, 0.05) is 6.07 Å². The zero-order valence-electron chi connectivity index (χ0n) is 5.94. The van der Waals surface area contributed by atoms with E-state index in [2.05, 4.69) is 4.98 Å². The summed E-state index contributed by atoms with van der Waals surface area (Å²) in [7, 11) is 0. The highest BCUT2D eigenvalue weighted by atomic mass is 19.0. The van der Waals surface area contributed by atoms with Crippen molar-refractivity contribution in [1.82, 2.24) is 0 Å². The van der Waals surface area contributed by atoms with E-state index in [1.54, 1.807) is 12.1 Å². The van der Waals surface area contributed by atoms with Crippen LogP contribution in [0, 0.1) is 5.39 Å². The normalized spacial score (nSPS) is 7.92. The zero-order valence-corrected chi connectivity index (χ0v) is 5.94. The van der Waals surface area contributed by atoms with Gasteiger partial charge >= 0.3 is 11.7 Å². The third-order valence-corrected chi connectivity index (χ3v) is 1.24. The van der Waals surface area contributed by atoms with Gasteiger partial charge in [0.15, 0.2) is 10.5 Å². The van der Waals surface area contributed by atoms with E-state index < -0.39 is 5.97 Å². The first-order valence-electron chi connectivity index (χ1n) is 2.93. The number of hydrogen-bond donors (Lipinski definition) is 1. The molecule has 1 aromatic carbocycles. The van der Waals surface area contributed by atoms with Crippen LogP contribution in [0.4, 0.5) is 5.69 Å². The largest absolute Gasteiger partial charge is 1.00 e. The van der Waals surface area contributed by atoms with Crippen LogP contribution in [0.3, 0.4) is 0 Å². The number of carboxylic acid groups (broad SMARTS) is 1. The van der Waals surface area contributed by atoms with Crippen molar-refractivity contribution in [2.75, 3.05) is 0 Å². The van der Waals surface area contributed by atoms with Crippen LogP contribution in [0.1, 0.15) is 10.4 Å². The van der Waals surface area contributed by atoms with Gasteiger partial charge in [-0.25, -0.2) is 4.79 Å². The molecule has 12 heavy (non-hydrogen) atoms. The molecular formula is C7H5FN2O2. The Morgan fingerprint density at radius 1 is 1.42 bits per heavy atom.